The Labute approximate surface area is 131 Å². The maximum absolute atomic E-state index is 12.4. The molecule has 3 aromatic rings. The van der Waals surface area contributed by atoms with Gasteiger partial charge in [0, 0.05) is 36.1 Å². The minimum absolute atomic E-state index is 0.136. The number of likely N-dealkylation sites (N-methyl/N-ethyl adjacent to an activating group) is 1. The molecule has 0 unspecified atom stereocenters. The van der Waals surface area contributed by atoms with Crippen molar-refractivity contribution >= 4 is 27.9 Å². The molecule has 112 valence electrons. The van der Waals surface area contributed by atoms with Crippen molar-refractivity contribution in [1.82, 2.24) is 19.3 Å². The van der Waals surface area contributed by atoms with Crippen LogP contribution in [0.2, 0.25) is 0 Å². The number of hydrogen-bond donors (Lipinski definition) is 1. The van der Waals surface area contributed by atoms with E-state index in [0.29, 0.717) is 10.7 Å². The average molecular weight is 313 g/mol. The van der Waals surface area contributed by atoms with Gasteiger partial charge in [0.25, 0.3) is 5.91 Å². The zero-order chi connectivity index (χ0) is 15.1. The predicted octanol–water partition coefficient (Wildman–Crippen LogP) is 2.03. The molecule has 1 aliphatic rings. The lowest BCUT2D eigenvalue weighted by atomic mass is 10.2. The Balaban J connectivity index is 1.56. The fraction of sp³-hybridized carbons (Fsp3) is 0.267. The van der Waals surface area contributed by atoms with Crippen molar-refractivity contribution in [3.63, 3.8) is 0 Å². The quantitative estimate of drug-likeness (QED) is 0.786. The van der Waals surface area contributed by atoms with Gasteiger partial charge in [0.05, 0.1) is 23.7 Å². The summed E-state index contributed by atoms with van der Waals surface area (Å²) in [7, 11) is 2.10. The Morgan fingerprint density at radius 2 is 2.36 bits per heavy atom. The van der Waals surface area contributed by atoms with Crippen LogP contribution < -0.4 is 5.32 Å². The van der Waals surface area contributed by atoms with Crippen LogP contribution in [0.15, 0.2) is 30.9 Å². The first-order chi connectivity index (χ1) is 10.7. The molecule has 1 amide bonds. The van der Waals surface area contributed by atoms with Gasteiger partial charge in [-0.15, -0.1) is 11.3 Å². The molecule has 0 aliphatic carbocycles. The maximum atomic E-state index is 12.4. The van der Waals surface area contributed by atoms with E-state index in [4.69, 9.17) is 0 Å². The molecule has 7 heteroatoms. The highest BCUT2D eigenvalue weighted by molar-refractivity contribution is 7.15. The number of carbonyl (C=O) groups is 1. The van der Waals surface area contributed by atoms with Crippen LogP contribution in [0, 0.1) is 0 Å². The summed E-state index contributed by atoms with van der Waals surface area (Å²) in [6.07, 6.45) is 6.22. The Kier molecular flexibility index (Phi) is 3.16. The van der Waals surface area contributed by atoms with Gasteiger partial charge in [0.2, 0.25) is 0 Å². The number of nitrogens with zero attached hydrogens (tertiary/aromatic N) is 4. The van der Waals surface area contributed by atoms with Crippen LogP contribution in [0.3, 0.4) is 0 Å². The largest absolute Gasteiger partial charge is 0.306 e. The molecule has 0 spiro atoms. The third-order valence-corrected chi connectivity index (χ3v) is 4.82. The van der Waals surface area contributed by atoms with Gasteiger partial charge in [0.1, 0.15) is 0 Å². The van der Waals surface area contributed by atoms with Crippen LogP contribution in [0.1, 0.15) is 20.9 Å². The fourth-order valence-corrected chi connectivity index (χ4v) is 3.69. The van der Waals surface area contributed by atoms with Crippen LogP contribution in [-0.4, -0.2) is 38.8 Å². The molecule has 22 heavy (non-hydrogen) atoms. The summed E-state index contributed by atoms with van der Waals surface area (Å²) >= 11 is 1.57. The first kappa shape index (κ1) is 13.4. The summed E-state index contributed by atoms with van der Waals surface area (Å²) in [5.41, 5.74) is 2.62. The number of aromatic nitrogens is 3. The number of rotatable bonds is 2. The van der Waals surface area contributed by atoms with E-state index in [-0.39, 0.29) is 5.91 Å². The third-order valence-electron chi connectivity index (χ3n) is 3.82. The molecule has 0 radical (unpaired) electrons. The lowest BCUT2D eigenvalue weighted by Crippen LogP contribution is -2.25. The van der Waals surface area contributed by atoms with Gasteiger partial charge in [-0.05, 0) is 19.2 Å². The third kappa shape index (κ3) is 2.38. The number of carbonyl (C=O) groups excluding carboxylic acids is 1. The van der Waals surface area contributed by atoms with Crippen LogP contribution in [0.4, 0.5) is 5.13 Å². The minimum atomic E-state index is -0.136. The molecule has 1 aliphatic heterocycles. The average Bonchev–Trinajstić information content (AvgIpc) is 3.11. The van der Waals surface area contributed by atoms with Crippen LogP contribution in [0.25, 0.3) is 5.52 Å². The standard InChI is InChI=1S/C15H15N5OS/c1-19-4-3-12-13(8-19)22-15(17-12)18-14(21)10-2-5-20-9-16-7-11(20)6-10/h2,5-7,9H,3-4,8H2,1H3,(H,17,18,21). The van der Waals surface area contributed by atoms with Crippen LogP contribution in [0.5, 0.6) is 0 Å². The van der Waals surface area contributed by atoms with Gasteiger partial charge >= 0.3 is 0 Å². The second kappa shape index (κ2) is 5.19. The summed E-state index contributed by atoms with van der Waals surface area (Å²) in [6.45, 7) is 1.92. The van der Waals surface area contributed by atoms with E-state index < -0.39 is 0 Å². The van der Waals surface area contributed by atoms with Gasteiger partial charge in [-0.25, -0.2) is 9.97 Å². The molecule has 0 bridgehead atoms. The Bertz CT molecular complexity index is 853. The number of hydrogen-bond acceptors (Lipinski definition) is 5. The lowest BCUT2D eigenvalue weighted by molar-refractivity contribution is 0.102. The molecule has 1 N–H and O–H groups in total. The highest BCUT2D eigenvalue weighted by atomic mass is 32.1. The zero-order valence-corrected chi connectivity index (χ0v) is 12.9. The van der Waals surface area contributed by atoms with E-state index in [0.717, 1.165) is 30.7 Å². The second-order valence-corrected chi connectivity index (χ2v) is 6.56. The molecule has 4 heterocycles. The first-order valence-corrected chi connectivity index (χ1v) is 7.91. The number of imidazole rings is 1. The van der Waals surface area contributed by atoms with Crippen molar-refractivity contribution in [1.29, 1.82) is 0 Å². The molecule has 0 saturated carbocycles. The van der Waals surface area contributed by atoms with Crippen molar-refractivity contribution in [3.8, 4) is 0 Å². The Morgan fingerprint density at radius 3 is 3.27 bits per heavy atom. The SMILES string of the molecule is CN1CCc2nc(NC(=O)c3ccn4cncc4c3)sc2C1. The smallest absolute Gasteiger partial charge is 0.257 e. The van der Waals surface area contributed by atoms with Crippen molar-refractivity contribution in [2.24, 2.45) is 0 Å². The van der Waals surface area contributed by atoms with E-state index in [2.05, 4.69) is 27.2 Å². The zero-order valence-electron chi connectivity index (χ0n) is 12.1. The number of thiazole rings is 1. The van der Waals surface area contributed by atoms with E-state index in [1.807, 2.05) is 16.7 Å². The predicted molar refractivity (Wildman–Crippen MR) is 85.3 cm³/mol. The van der Waals surface area contributed by atoms with Gasteiger partial charge in [0.15, 0.2) is 5.13 Å². The van der Waals surface area contributed by atoms with Crippen molar-refractivity contribution in [2.45, 2.75) is 13.0 Å². The number of anilines is 1. The Hall–Kier alpha value is -2.25. The molecule has 6 nitrogen and oxygen atoms in total. The summed E-state index contributed by atoms with van der Waals surface area (Å²) in [5.74, 6) is -0.136. The number of amides is 1. The van der Waals surface area contributed by atoms with Crippen LogP contribution in [-0.2, 0) is 13.0 Å². The molecule has 0 atom stereocenters. The highest BCUT2D eigenvalue weighted by Gasteiger charge is 2.19. The van der Waals surface area contributed by atoms with Crippen molar-refractivity contribution < 1.29 is 4.79 Å². The topological polar surface area (TPSA) is 62.5 Å². The summed E-state index contributed by atoms with van der Waals surface area (Å²) in [6, 6.07) is 3.61. The fourth-order valence-electron chi connectivity index (χ4n) is 2.61. The highest BCUT2D eigenvalue weighted by Crippen LogP contribution is 2.28. The first-order valence-electron chi connectivity index (χ1n) is 7.09. The van der Waals surface area contributed by atoms with Crippen LogP contribution >= 0.6 is 11.3 Å². The van der Waals surface area contributed by atoms with E-state index in [1.54, 1.807) is 29.9 Å². The number of pyridine rings is 1. The van der Waals surface area contributed by atoms with Crippen molar-refractivity contribution in [3.05, 3.63) is 47.0 Å². The van der Waals surface area contributed by atoms with Gasteiger partial charge in [-0.3, -0.25) is 10.1 Å². The normalized spacial score (nSPS) is 15.0. The molecule has 3 aromatic heterocycles. The van der Waals surface area contributed by atoms with Gasteiger partial charge in [-0.1, -0.05) is 0 Å². The Morgan fingerprint density at radius 1 is 1.45 bits per heavy atom. The maximum Gasteiger partial charge on any atom is 0.257 e. The minimum Gasteiger partial charge on any atom is -0.306 e. The van der Waals surface area contributed by atoms with Crippen molar-refractivity contribution in [2.75, 3.05) is 18.9 Å². The molecule has 0 saturated heterocycles. The summed E-state index contributed by atoms with van der Waals surface area (Å²) in [4.78, 5) is 24.5. The summed E-state index contributed by atoms with van der Waals surface area (Å²) in [5, 5.41) is 3.59. The van der Waals surface area contributed by atoms with E-state index in [9.17, 15) is 4.79 Å². The van der Waals surface area contributed by atoms with E-state index in [1.165, 1.54) is 4.88 Å². The molecule has 0 aromatic carbocycles. The molecule has 4 rings (SSSR count). The summed E-state index contributed by atoms with van der Waals surface area (Å²) < 4.78 is 1.87. The molecular formula is C15H15N5OS. The van der Waals surface area contributed by atoms with Gasteiger partial charge < -0.3 is 9.30 Å². The number of nitrogens with one attached hydrogen (secondary N) is 1. The monoisotopic (exact) mass is 313 g/mol. The molecule has 0 fully saturated rings. The van der Waals surface area contributed by atoms with E-state index >= 15 is 0 Å². The lowest BCUT2D eigenvalue weighted by Gasteiger charge is -2.20. The van der Waals surface area contributed by atoms with Gasteiger partial charge in [-0.2, -0.15) is 0 Å². The second-order valence-electron chi connectivity index (χ2n) is 5.47. The molecular weight excluding hydrogens is 298 g/mol. The number of fused-ring (bicyclic) bond motifs is 2.